The summed E-state index contributed by atoms with van der Waals surface area (Å²) < 4.78 is 5.75. The van der Waals surface area contributed by atoms with Crippen molar-refractivity contribution in [2.75, 3.05) is 6.61 Å². The lowest BCUT2D eigenvalue weighted by molar-refractivity contribution is -0.174. The molecule has 2 heteroatoms. The molecular weight excluding hydrogens is 332 g/mol. The minimum atomic E-state index is -0.173. The highest BCUT2D eigenvalue weighted by Crippen LogP contribution is 2.61. The van der Waals surface area contributed by atoms with E-state index in [4.69, 9.17) is 4.74 Å². The zero-order valence-electron chi connectivity index (χ0n) is 18.2. The van der Waals surface area contributed by atoms with Gasteiger partial charge in [-0.3, -0.25) is 4.79 Å². The molecule has 3 rings (SSSR count). The fourth-order valence-electron chi connectivity index (χ4n) is 7.13. The number of unbranched alkanes of at least 4 members (excludes halogenated alkanes) is 1. The quantitative estimate of drug-likeness (QED) is 0.431. The van der Waals surface area contributed by atoms with Crippen LogP contribution in [0.4, 0.5) is 0 Å². The molecule has 0 aromatic carbocycles. The van der Waals surface area contributed by atoms with E-state index < -0.39 is 0 Å². The molecule has 3 aliphatic carbocycles. The molecule has 0 unspecified atom stereocenters. The minimum Gasteiger partial charge on any atom is -0.466 e. The number of rotatable bonds is 7. The van der Waals surface area contributed by atoms with E-state index in [1.165, 1.54) is 96.3 Å². The second-order valence-corrected chi connectivity index (χ2v) is 9.98. The largest absolute Gasteiger partial charge is 0.466 e. The van der Waals surface area contributed by atoms with E-state index in [0.29, 0.717) is 6.61 Å². The zero-order chi connectivity index (χ0) is 19.2. The van der Waals surface area contributed by atoms with E-state index in [1.807, 2.05) is 6.92 Å². The van der Waals surface area contributed by atoms with Crippen LogP contribution < -0.4 is 0 Å². The van der Waals surface area contributed by atoms with Crippen molar-refractivity contribution in [2.45, 2.75) is 123 Å². The van der Waals surface area contributed by atoms with Gasteiger partial charge in [0.2, 0.25) is 0 Å². The van der Waals surface area contributed by atoms with Gasteiger partial charge in [-0.1, -0.05) is 71.1 Å². The van der Waals surface area contributed by atoms with E-state index in [-0.39, 0.29) is 16.8 Å². The monoisotopic (exact) mass is 376 g/mol. The Morgan fingerprint density at radius 1 is 0.815 bits per heavy atom. The van der Waals surface area contributed by atoms with Crippen LogP contribution in [0.5, 0.6) is 0 Å². The molecule has 156 valence electrons. The SMILES string of the molecule is CCCCC1(C2(C(=O)OCC)CCCCC2)CCC(C2CCCCC2)CC1. The molecule has 3 aliphatic rings. The van der Waals surface area contributed by atoms with Gasteiger partial charge in [0.05, 0.1) is 12.0 Å². The molecule has 0 atom stereocenters. The predicted octanol–water partition coefficient (Wildman–Crippen LogP) is 7.45. The Balaban J connectivity index is 1.79. The van der Waals surface area contributed by atoms with Gasteiger partial charge in [0.15, 0.2) is 0 Å². The molecule has 0 N–H and O–H groups in total. The third-order valence-corrected chi connectivity index (χ3v) is 8.70. The van der Waals surface area contributed by atoms with Crippen LogP contribution in [0.3, 0.4) is 0 Å². The van der Waals surface area contributed by atoms with Gasteiger partial charge in [-0.25, -0.2) is 0 Å². The lowest BCUT2D eigenvalue weighted by atomic mass is 9.49. The normalized spacial score (nSPS) is 32.1. The average Bonchev–Trinajstić information content (AvgIpc) is 2.74. The Bertz CT molecular complexity index is 449. The van der Waals surface area contributed by atoms with Crippen LogP contribution in [0.2, 0.25) is 0 Å². The Labute approximate surface area is 168 Å². The summed E-state index contributed by atoms with van der Waals surface area (Å²) in [5.41, 5.74) is 0.0504. The van der Waals surface area contributed by atoms with Crippen molar-refractivity contribution in [1.82, 2.24) is 0 Å². The van der Waals surface area contributed by atoms with Gasteiger partial charge in [-0.05, 0) is 69.1 Å². The minimum absolute atomic E-state index is 0.164. The molecule has 0 radical (unpaired) electrons. The maximum Gasteiger partial charge on any atom is 0.312 e. The summed E-state index contributed by atoms with van der Waals surface area (Å²) in [6.07, 6.45) is 22.3. The first kappa shape index (κ1) is 21.2. The van der Waals surface area contributed by atoms with Crippen LogP contribution in [-0.4, -0.2) is 12.6 Å². The van der Waals surface area contributed by atoms with Crippen LogP contribution in [0, 0.1) is 22.7 Å². The summed E-state index contributed by atoms with van der Waals surface area (Å²) in [5.74, 6) is 2.08. The maximum absolute atomic E-state index is 13.3. The second kappa shape index (κ2) is 9.79. The summed E-state index contributed by atoms with van der Waals surface area (Å²) in [4.78, 5) is 13.3. The Morgan fingerprint density at radius 3 is 2.00 bits per heavy atom. The van der Waals surface area contributed by atoms with Gasteiger partial charge >= 0.3 is 5.97 Å². The molecule has 0 aromatic rings. The lowest BCUT2D eigenvalue weighted by Crippen LogP contribution is -2.52. The number of ether oxygens (including phenoxy) is 1. The predicted molar refractivity (Wildman–Crippen MR) is 113 cm³/mol. The Morgan fingerprint density at radius 2 is 1.41 bits per heavy atom. The van der Waals surface area contributed by atoms with Gasteiger partial charge in [0.1, 0.15) is 0 Å². The van der Waals surface area contributed by atoms with Gasteiger partial charge in [0.25, 0.3) is 0 Å². The number of carbonyl (C=O) groups excluding carboxylic acids is 1. The van der Waals surface area contributed by atoms with Gasteiger partial charge in [-0.15, -0.1) is 0 Å². The van der Waals surface area contributed by atoms with E-state index in [0.717, 1.165) is 24.7 Å². The molecular formula is C25H44O2. The topological polar surface area (TPSA) is 26.3 Å². The standard InChI is InChI=1S/C25H44O2/c1-3-5-16-24(25(23(26)27-4-2)17-10-7-11-18-25)19-14-22(15-20-24)21-12-8-6-9-13-21/h21-22H,3-20H2,1-2H3. The smallest absolute Gasteiger partial charge is 0.312 e. The fourth-order valence-corrected chi connectivity index (χ4v) is 7.13. The van der Waals surface area contributed by atoms with Crippen LogP contribution in [0.1, 0.15) is 123 Å². The van der Waals surface area contributed by atoms with Crippen molar-refractivity contribution < 1.29 is 9.53 Å². The summed E-state index contributed by atoms with van der Waals surface area (Å²) in [7, 11) is 0. The molecule has 0 heterocycles. The molecule has 0 bridgehead atoms. The third-order valence-electron chi connectivity index (χ3n) is 8.70. The van der Waals surface area contributed by atoms with E-state index in [2.05, 4.69) is 6.92 Å². The van der Waals surface area contributed by atoms with Crippen molar-refractivity contribution in [3.63, 3.8) is 0 Å². The van der Waals surface area contributed by atoms with E-state index in [1.54, 1.807) is 0 Å². The maximum atomic E-state index is 13.3. The highest BCUT2D eigenvalue weighted by molar-refractivity contribution is 5.78. The van der Waals surface area contributed by atoms with E-state index in [9.17, 15) is 4.79 Å². The summed E-state index contributed by atoms with van der Waals surface area (Å²) in [6.45, 7) is 4.82. The summed E-state index contributed by atoms with van der Waals surface area (Å²) in [6, 6.07) is 0. The van der Waals surface area contributed by atoms with Gasteiger partial charge in [0, 0.05) is 0 Å². The third kappa shape index (κ3) is 4.40. The molecule has 0 saturated heterocycles. The number of carbonyl (C=O) groups is 1. The first-order valence-electron chi connectivity index (χ1n) is 12.3. The van der Waals surface area contributed by atoms with Gasteiger partial charge in [-0.2, -0.15) is 0 Å². The first-order valence-corrected chi connectivity index (χ1v) is 12.3. The summed E-state index contributed by atoms with van der Waals surface area (Å²) >= 11 is 0. The van der Waals surface area contributed by atoms with Crippen molar-refractivity contribution in [2.24, 2.45) is 22.7 Å². The number of hydrogen-bond acceptors (Lipinski definition) is 2. The van der Waals surface area contributed by atoms with Crippen molar-refractivity contribution in [1.29, 1.82) is 0 Å². The van der Waals surface area contributed by atoms with Crippen LogP contribution in [-0.2, 0) is 9.53 Å². The molecule has 3 saturated carbocycles. The summed E-state index contributed by atoms with van der Waals surface area (Å²) in [5, 5.41) is 0. The molecule has 0 aromatic heterocycles. The molecule has 0 aliphatic heterocycles. The fraction of sp³-hybridized carbons (Fsp3) is 0.960. The molecule has 3 fully saturated rings. The average molecular weight is 377 g/mol. The second-order valence-electron chi connectivity index (χ2n) is 9.98. The first-order chi connectivity index (χ1) is 13.2. The highest BCUT2D eigenvalue weighted by atomic mass is 16.5. The van der Waals surface area contributed by atoms with Crippen molar-refractivity contribution in [3.8, 4) is 0 Å². The Kier molecular flexibility index (Phi) is 7.68. The molecule has 2 nitrogen and oxygen atoms in total. The van der Waals surface area contributed by atoms with E-state index >= 15 is 0 Å². The number of hydrogen-bond donors (Lipinski definition) is 0. The van der Waals surface area contributed by atoms with Crippen molar-refractivity contribution in [3.05, 3.63) is 0 Å². The van der Waals surface area contributed by atoms with Crippen molar-refractivity contribution >= 4 is 5.97 Å². The lowest BCUT2D eigenvalue weighted by Gasteiger charge is -2.55. The Hall–Kier alpha value is -0.530. The zero-order valence-corrected chi connectivity index (χ0v) is 18.2. The number of esters is 1. The van der Waals surface area contributed by atoms with Crippen LogP contribution in [0.25, 0.3) is 0 Å². The molecule has 0 amide bonds. The van der Waals surface area contributed by atoms with Crippen LogP contribution >= 0.6 is 0 Å². The molecule has 0 spiro atoms. The van der Waals surface area contributed by atoms with Crippen LogP contribution in [0.15, 0.2) is 0 Å². The van der Waals surface area contributed by atoms with Gasteiger partial charge < -0.3 is 4.74 Å². The highest BCUT2D eigenvalue weighted by Gasteiger charge is 2.57. The molecule has 27 heavy (non-hydrogen) atoms.